The average Bonchev–Trinajstić information content (AvgIpc) is 3.15. The Morgan fingerprint density at radius 2 is 1.86 bits per heavy atom. The third-order valence-corrected chi connectivity index (χ3v) is 5.44. The highest BCUT2D eigenvalue weighted by molar-refractivity contribution is 8.00. The molecule has 0 fully saturated rings. The van der Waals surface area contributed by atoms with E-state index in [0.717, 1.165) is 16.8 Å². The Hall–Kier alpha value is -3.07. The van der Waals surface area contributed by atoms with Gasteiger partial charge in [0.15, 0.2) is 0 Å². The van der Waals surface area contributed by atoms with Crippen LogP contribution in [0, 0.1) is 13.8 Å². The van der Waals surface area contributed by atoms with Crippen LogP contribution in [0.4, 0.5) is 5.69 Å². The average molecular weight is 414 g/mol. The van der Waals surface area contributed by atoms with E-state index < -0.39 is 5.25 Å². The predicted octanol–water partition coefficient (Wildman–Crippen LogP) is 3.42. The molecule has 3 aromatic rings. The minimum atomic E-state index is -0.444. The third kappa shape index (κ3) is 4.51. The molecule has 0 aliphatic carbocycles. The number of thioether (sulfide) groups is 1. The monoisotopic (exact) mass is 413 g/mol. The lowest BCUT2D eigenvalue weighted by molar-refractivity contribution is -0.115. The van der Waals surface area contributed by atoms with E-state index >= 15 is 0 Å². The van der Waals surface area contributed by atoms with Gasteiger partial charge in [0, 0.05) is 6.07 Å². The minimum absolute atomic E-state index is 0.197. The van der Waals surface area contributed by atoms with Gasteiger partial charge in [0.2, 0.25) is 11.1 Å². The molecule has 1 atom stereocenters. The molecular weight excluding hydrogens is 390 g/mol. The first-order valence-electron chi connectivity index (χ1n) is 8.99. The van der Waals surface area contributed by atoms with Crippen molar-refractivity contribution in [1.29, 1.82) is 0 Å². The molecule has 0 spiro atoms. The molecule has 1 heterocycles. The molecule has 8 nitrogen and oxygen atoms in total. The first-order chi connectivity index (χ1) is 13.9. The lowest BCUT2D eigenvalue weighted by atomic mass is 10.1. The van der Waals surface area contributed by atoms with E-state index in [1.807, 2.05) is 32.0 Å². The Morgan fingerprint density at radius 1 is 1.14 bits per heavy atom. The topological polar surface area (TPSA) is 91.2 Å². The number of benzene rings is 2. The number of nitrogens with zero attached hydrogens (tertiary/aromatic N) is 4. The Labute approximate surface area is 173 Å². The number of ether oxygens (including phenoxy) is 2. The van der Waals surface area contributed by atoms with Crippen LogP contribution in [0.2, 0.25) is 0 Å². The van der Waals surface area contributed by atoms with E-state index in [0.29, 0.717) is 22.3 Å². The fraction of sp³-hybridized carbons (Fsp3) is 0.300. The summed E-state index contributed by atoms with van der Waals surface area (Å²) in [6.45, 7) is 5.81. The van der Waals surface area contributed by atoms with Crippen LogP contribution in [-0.2, 0) is 4.79 Å². The minimum Gasteiger partial charge on any atom is -0.497 e. The highest BCUT2D eigenvalue weighted by Crippen LogP contribution is 2.31. The summed E-state index contributed by atoms with van der Waals surface area (Å²) in [6, 6.07) is 11.2. The number of amides is 1. The molecule has 3 rings (SSSR count). The number of tetrazole rings is 1. The van der Waals surface area contributed by atoms with Crippen molar-refractivity contribution in [3.05, 3.63) is 47.5 Å². The molecule has 1 unspecified atom stereocenters. The summed E-state index contributed by atoms with van der Waals surface area (Å²) in [5, 5.41) is 15.0. The molecule has 9 heteroatoms. The molecule has 0 bridgehead atoms. The highest BCUT2D eigenvalue weighted by atomic mass is 32.2. The molecule has 0 radical (unpaired) electrons. The summed E-state index contributed by atoms with van der Waals surface area (Å²) in [7, 11) is 3.12. The van der Waals surface area contributed by atoms with Gasteiger partial charge in [0.1, 0.15) is 11.5 Å². The van der Waals surface area contributed by atoms with Gasteiger partial charge in [0.25, 0.3) is 0 Å². The fourth-order valence-electron chi connectivity index (χ4n) is 2.89. The van der Waals surface area contributed by atoms with Gasteiger partial charge in [-0.25, -0.2) is 0 Å². The molecule has 1 aromatic heterocycles. The van der Waals surface area contributed by atoms with Crippen molar-refractivity contribution in [1.82, 2.24) is 20.2 Å². The number of carbonyl (C=O) groups is 1. The van der Waals surface area contributed by atoms with E-state index in [1.54, 1.807) is 44.0 Å². The number of anilines is 1. The number of nitrogens with one attached hydrogen (secondary N) is 1. The van der Waals surface area contributed by atoms with E-state index in [4.69, 9.17) is 9.47 Å². The second-order valence-electron chi connectivity index (χ2n) is 6.43. The number of methoxy groups -OCH3 is 2. The van der Waals surface area contributed by atoms with E-state index in [1.165, 1.54) is 11.8 Å². The fourth-order valence-corrected chi connectivity index (χ4v) is 3.68. The summed E-state index contributed by atoms with van der Waals surface area (Å²) in [4.78, 5) is 12.8. The number of hydrogen-bond acceptors (Lipinski definition) is 7. The van der Waals surface area contributed by atoms with E-state index in [9.17, 15) is 4.79 Å². The number of rotatable bonds is 7. The van der Waals surface area contributed by atoms with Crippen LogP contribution in [0.5, 0.6) is 11.5 Å². The van der Waals surface area contributed by atoms with E-state index in [-0.39, 0.29) is 5.91 Å². The summed E-state index contributed by atoms with van der Waals surface area (Å²) in [5.41, 5.74) is 3.57. The maximum atomic E-state index is 12.8. The van der Waals surface area contributed by atoms with Gasteiger partial charge in [-0.05, 0) is 54.5 Å². The van der Waals surface area contributed by atoms with Gasteiger partial charge in [-0.15, -0.1) is 5.10 Å². The molecule has 1 amide bonds. The van der Waals surface area contributed by atoms with Crippen LogP contribution in [0.3, 0.4) is 0 Å². The zero-order chi connectivity index (χ0) is 21.0. The smallest absolute Gasteiger partial charge is 0.237 e. The van der Waals surface area contributed by atoms with Crippen LogP contribution >= 0.6 is 11.8 Å². The molecule has 2 aromatic carbocycles. The molecule has 0 saturated carbocycles. The van der Waals surface area contributed by atoms with Crippen LogP contribution in [-0.4, -0.2) is 45.6 Å². The number of para-hydroxylation sites is 1. The Balaban J connectivity index is 1.79. The Kier molecular flexibility index (Phi) is 6.38. The molecule has 0 aliphatic rings. The molecule has 0 aliphatic heterocycles. The lowest BCUT2D eigenvalue weighted by Crippen LogP contribution is -2.23. The Bertz CT molecular complexity index is 1000. The molecule has 1 N–H and O–H groups in total. The zero-order valence-corrected chi connectivity index (χ0v) is 17.8. The normalized spacial score (nSPS) is 11.8. The largest absolute Gasteiger partial charge is 0.497 e. The molecule has 152 valence electrons. The van der Waals surface area contributed by atoms with Gasteiger partial charge < -0.3 is 14.8 Å². The van der Waals surface area contributed by atoms with Crippen molar-refractivity contribution < 1.29 is 14.3 Å². The van der Waals surface area contributed by atoms with Crippen molar-refractivity contribution in [2.75, 3.05) is 19.5 Å². The number of aryl methyl sites for hydroxylation is 2. The number of aromatic nitrogens is 4. The number of hydrogen-bond donors (Lipinski definition) is 1. The van der Waals surface area contributed by atoms with Crippen LogP contribution in [0.25, 0.3) is 5.69 Å². The predicted molar refractivity (Wildman–Crippen MR) is 112 cm³/mol. The van der Waals surface area contributed by atoms with Gasteiger partial charge in [-0.1, -0.05) is 30.0 Å². The first-order valence-corrected chi connectivity index (χ1v) is 9.87. The van der Waals surface area contributed by atoms with Gasteiger partial charge >= 0.3 is 0 Å². The van der Waals surface area contributed by atoms with Crippen LogP contribution < -0.4 is 14.8 Å². The van der Waals surface area contributed by atoms with Crippen LogP contribution in [0.15, 0.2) is 41.6 Å². The standard InChI is InChI=1S/C20H23N5O3S/c1-12-7-6-8-13(2)18(12)25-20(22-23-24-25)29-14(3)19(26)21-16-11-15(27-4)9-10-17(16)28-5/h6-11,14H,1-5H3,(H,21,26). The zero-order valence-electron chi connectivity index (χ0n) is 17.0. The van der Waals surface area contributed by atoms with E-state index in [2.05, 4.69) is 20.8 Å². The maximum Gasteiger partial charge on any atom is 0.237 e. The molecule has 0 saturated heterocycles. The lowest BCUT2D eigenvalue weighted by Gasteiger charge is -2.15. The van der Waals surface area contributed by atoms with Crippen LogP contribution in [0.1, 0.15) is 18.1 Å². The second kappa shape index (κ2) is 8.95. The quantitative estimate of drug-likeness (QED) is 0.594. The number of carbonyl (C=O) groups excluding carboxylic acids is 1. The SMILES string of the molecule is COc1ccc(OC)c(NC(=O)C(C)Sc2nnnn2-c2c(C)cccc2C)c1. The van der Waals surface area contributed by atoms with Gasteiger partial charge in [-0.2, -0.15) is 4.68 Å². The van der Waals surface area contributed by atoms with Crippen molar-refractivity contribution in [2.45, 2.75) is 31.2 Å². The molecule has 29 heavy (non-hydrogen) atoms. The van der Waals surface area contributed by atoms with Crippen molar-refractivity contribution in [3.63, 3.8) is 0 Å². The highest BCUT2D eigenvalue weighted by Gasteiger charge is 2.21. The molecular formula is C20H23N5O3S. The maximum absolute atomic E-state index is 12.8. The van der Waals surface area contributed by atoms with Gasteiger partial charge in [0.05, 0.1) is 30.8 Å². The third-order valence-electron chi connectivity index (χ3n) is 4.41. The van der Waals surface area contributed by atoms with Gasteiger partial charge in [-0.3, -0.25) is 4.79 Å². The summed E-state index contributed by atoms with van der Waals surface area (Å²) < 4.78 is 12.2. The van der Waals surface area contributed by atoms with Crippen molar-refractivity contribution in [3.8, 4) is 17.2 Å². The summed E-state index contributed by atoms with van der Waals surface area (Å²) in [5.74, 6) is 0.981. The summed E-state index contributed by atoms with van der Waals surface area (Å²) >= 11 is 1.28. The van der Waals surface area contributed by atoms with Crippen molar-refractivity contribution >= 4 is 23.4 Å². The summed E-state index contributed by atoms with van der Waals surface area (Å²) in [6.07, 6.45) is 0. The van der Waals surface area contributed by atoms with Crippen molar-refractivity contribution in [2.24, 2.45) is 0 Å². The first kappa shape index (κ1) is 20.7. The second-order valence-corrected chi connectivity index (χ2v) is 7.74. The Morgan fingerprint density at radius 3 is 2.52 bits per heavy atom.